The first-order chi connectivity index (χ1) is 7.16. The van der Waals surface area contributed by atoms with Crippen LogP contribution in [0.1, 0.15) is 5.56 Å². The van der Waals surface area contributed by atoms with Crippen molar-refractivity contribution in [2.45, 2.75) is 6.92 Å². The number of hydrogen-bond acceptors (Lipinski definition) is 2. The summed E-state index contributed by atoms with van der Waals surface area (Å²) in [6, 6.07) is 9.51. The molecular formula is C12H11ClN2. The molecule has 0 bridgehead atoms. The quantitative estimate of drug-likeness (QED) is 0.798. The molecule has 2 rings (SSSR count). The molecule has 0 aliphatic carbocycles. The van der Waals surface area contributed by atoms with Gasteiger partial charge in [-0.2, -0.15) is 0 Å². The van der Waals surface area contributed by atoms with Crippen LogP contribution >= 0.6 is 11.6 Å². The largest absolute Gasteiger partial charge is 0.397 e. The van der Waals surface area contributed by atoms with Crippen molar-refractivity contribution in [1.29, 1.82) is 0 Å². The highest BCUT2D eigenvalue weighted by atomic mass is 35.5. The van der Waals surface area contributed by atoms with E-state index in [1.165, 1.54) is 0 Å². The van der Waals surface area contributed by atoms with Gasteiger partial charge < -0.3 is 5.73 Å². The molecule has 76 valence electrons. The lowest BCUT2D eigenvalue weighted by atomic mass is 10.1. The third-order valence-corrected chi connectivity index (χ3v) is 2.49. The summed E-state index contributed by atoms with van der Waals surface area (Å²) in [5.74, 6) is 0. The zero-order valence-electron chi connectivity index (χ0n) is 8.37. The Hall–Kier alpha value is -1.54. The minimum atomic E-state index is 0.672. The van der Waals surface area contributed by atoms with Crippen molar-refractivity contribution in [3.63, 3.8) is 0 Å². The summed E-state index contributed by atoms with van der Waals surface area (Å²) in [4.78, 5) is 4.27. The average molecular weight is 219 g/mol. The van der Waals surface area contributed by atoms with Crippen LogP contribution in [-0.4, -0.2) is 4.98 Å². The fraction of sp³-hybridized carbons (Fsp3) is 0.0833. The first-order valence-corrected chi connectivity index (χ1v) is 5.02. The number of rotatable bonds is 1. The summed E-state index contributed by atoms with van der Waals surface area (Å²) in [7, 11) is 0. The van der Waals surface area contributed by atoms with E-state index in [0.29, 0.717) is 5.69 Å². The lowest BCUT2D eigenvalue weighted by molar-refractivity contribution is 1.31. The predicted octanol–water partition coefficient (Wildman–Crippen LogP) is 3.29. The molecule has 3 heteroatoms. The second kappa shape index (κ2) is 3.91. The van der Waals surface area contributed by atoms with Crippen molar-refractivity contribution in [1.82, 2.24) is 4.98 Å². The average Bonchev–Trinajstić information content (AvgIpc) is 2.20. The molecule has 2 aromatic rings. The van der Waals surface area contributed by atoms with Gasteiger partial charge in [0.15, 0.2) is 0 Å². The Kier molecular flexibility index (Phi) is 2.60. The summed E-state index contributed by atoms with van der Waals surface area (Å²) in [5.41, 5.74) is 9.36. The number of nitrogens with two attached hydrogens (primary N) is 1. The maximum absolute atomic E-state index is 5.89. The summed E-state index contributed by atoms with van der Waals surface area (Å²) in [6.45, 7) is 2.01. The Morgan fingerprint density at radius 3 is 2.60 bits per heavy atom. The van der Waals surface area contributed by atoms with E-state index in [2.05, 4.69) is 4.98 Å². The molecule has 0 amide bonds. The van der Waals surface area contributed by atoms with E-state index >= 15 is 0 Å². The molecule has 0 radical (unpaired) electrons. The SMILES string of the molecule is Cc1cc(Cl)ccc1-c1ccc(N)cn1. The fourth-order valence-corrected chi connectivity index (χ4v) is 1.71. The molecule has 0 spiro atoms. The smallest absolute Gasteiger partial charge is 0.0706 e. The van der Waals surface area contributed by atoms with Crippen molar-refractivity contribution >= 4 is 17.3 Å². The second-order valence-electron chi connectivity index (χ2n) is 3.44. The highest BCUT2D eigenvalue weighted by Gasteiger charge is 2.03. The zero-order chi connectivity index (χ0) is 10.8. The minimum Gasteiger partial charge on any atom is -0.397 e. The molecule has 1 heterocycles. The first kappa shape index (κ1) is 9.99. The normalized spacial score (nSPS) is 10.3. The van der Waals surface area contributed by atoms with Crippen LogP contribution in [0.15, 0.2) is 36.5 Å². The molecule has 2 N–H and O–H groups in total. The topological polar surface area (TPSA) is 38.9 Å². The summed E-state index contributed by atoms with van der Waals surface area (Å²) >= 11 is 5.89. The lowest BCUT2D eigenvalue weighted by Gasteiger charge is -2.05. The molecule has 2 nitrogen and oxygen atoms in total. The third kappa shape index (κ3) is 2.10. The number of pyridine rings is 1. The second-order valence-corrected chi connectivity index (χ2v) is 3.87. The standard InChI is InChI=1S/C12H11ClN2/c1-8-6-9(13)2-4-11(8)12-5-3-10(14)7-15-12/h2-7H,14H2,1H3. The Morgan fingerprint density at radius 2 is 2.00 bits per heavy atom. The Balaban J connectivity index is 2.49. The molecule has 0 saturated carbocycles. The molecular weight excluding hydrogens is 208 g/mol. The van der Waals surface area contributed by atoms with Crippen LogP contribution in [0, 0.1) is 6.92 Å². The maximum Gasteiger partial charge on any atom is 0.0706 e. The van der Waals surface area contributed by atoms with E-state index in [1.54, 1.807) is 6.20 Å². The van der Waals surface area contributed by atoms with Crippen molar-refractivity contribution in [2.24, 2.45) is 0 Å². The van der Waals surface area contributed by atoms with Gasteiger partial charge in [0.1, 0.15) is 0 Å². The summed E-state index contributed by atoms with van der Waals surface area (Å²) in [6.07, 6.45) is 1.66. The fourth-order valence-electron chi connectivity index (χ4n) is 1.48. The first-order valence-electron chi connectivity index (χ1n) is 4.65. The number of aromatic nitrogens is 1. The van der Waals surface area contributed by atoms with Gasteiger partial charge in [-0.1, -0.05) is 17.7 Å². The van der Waals surface area contributed by atoms with Gasteiger partial charge in [0.25, 0.3) is 0 Å². The molecule has 1 aromatic carbocycles. The van der Waals surface area contributed by atoms with Crippen LogP contribution in [0.25, 0.3) is 11.3 Å². The minimum absolute atomic E-state index is 0.672. The highest BCUT2D eigenvalue weighted by molar-refractivity contribution is 6.30. The van der Waals surface area contributed by atoms with Crippen molar-refractivity contribution in [3.8, 4) is 11.3 Å². The Morgan fingerprint density at radius 1 is 1.20 bits per heavy atom. The number of benzene rings is 1. The van der Waals surface area contributed by atoms with E-state index in [9.17, 15) is 0 Å². The van der Waals surface area contributed by atoms with E-state index in [4.69, 9.17) is 17.3 Å². The monoisotopic (exact) mass is 218 g/mol. The van der Waals surface area contributed by atoms with Gasteiger partial charge in [-0.15, -0.1) is 0 Å². The lowest BCUT2D eigenvalue weighted by Crippen LogP contribution is -1.89. The van der Waals surface area contributed by atoms with E-state index in [0.717, 1.165) is 21.8 Å². The van der Waals surface area contributed by atoms with Crippen LogP contribution in [0.4, 0.5) is 5.69 Å². The van der Waals surface area contributed by atoms with Crippen molar-refractivity contribution < 1.29 is 0 Å². The molecule has 0 unspecified atom stereocenters. The van der Waals surface area contributed by atoms with Gasteiger partial charge in [0, 0.05) is 10.6 Å². The van der Waals surface area contributed by atoms with Gasteiger partial charge in [0.2, 0.25) is 0 Å². The Bertz CT molecular complexity index is 477. The molecule has 0 saturated heterocycles. The van der Waals surface area contributed by atoms with Gasteiger partial charge in [-0.3, -0.25) is 4.98 Å². The van der Waals surface area contributed by atoms with Crippen LogP contribution in [-0.2, 0) is 0 Å². The van der Waals surface area contributed by atoms with E-state index < -0.39 is 0 Å². The van der Waals surface area contributed by atoms with Crippen LogP contribution < -0.4 is 5.73 Å². The van der Waals surface area contributed by atoms with Crippen LogP contribution in [0.2, 0.25) is 5.02 Å². The van der Waals surface area contributed by atoms with E-state index in [-0.39, 0.29) is 0 Å². The number of aryl methyl sites for hydroxylation is 1. The van der Waals surface area contributed by atoms with Gasteiger partial charge in [-0.25, -0.2) is 0 Å². The molecule has 0 aliphatic heterocycles. The van der Waals surface area contributed by atoms with Gasteiger partial charge >= 0.3 is 0 Å². The number of halogens is 1. The number of anilines is 1. The van der Waals surface area contributed by atoms with Crippen LogP contribution in [0.3, 0.4) is 0 Å². The molecule has 0 atom stereocenters. The van der Waals surface area contributed by atoms with Crippen molar-refractivity contribution in [3.05, 3.63) is 47.1 Å². The molecule has 0 fully saturated rings. The highest BCUT2D eigenvalue weighted by Crippen LogP contribution is 2.24. The Labute approximate surface area is 93.7 Å². The molecule has 1 aromatic heterocycles. The van der Waals surface area contributed by atoms with Gasteiger partial charge in [0.05, 0.1) is 17.6 Å². The maximum atomic E-state index is 5.89. The van der Waals surface area contributed by atoms with E-state index in [1.807, 2.05) is 37.3 Å². The van der Waals surface area contributed by atoms with Crippen molar-refractivity contribution in [2.75, 3.05) is 5.73 Å². The predicted molar refractivity (Wildman–Crippen MR) is 63.8 cm³/mol. The number of nitrogens with zero attached hydrogens (tertiary/aromatic N) is 1. The number of hydrogen-bond donors (Lipinski definition) is 1. The van der Waals surface area contributed by atoms with Gasteiger partial charge in [-0.05, 0) is 36.8 Å². The summed E-state index contributed by atoms with van der Waals surface area (Å²) in [5, 5.41) is 0.742. The van der Waals surface area contributed by atoms with Crippen LogP contribution in [0.5, 0.6) is 0 Å². The zero-order valence-corrected chi connectivity index (χ0v) is 9.12. The third-order valence-electron chi connectivity index (χ3n) is 2.25. The molecule has 0 aliphatic rings. The molecule has 15 heavy (non-hydrogen) atoms. The number of nitrogen functional groups attached to an aromatic ring is 1. The summed E-state index contributed by atoms with van der Waals surface area (Å²) < 4.78 is 0.